The second-order valence-electron chi connectivity index (χ2n) is 9.94. The first-order valence-corrected chi connectivity index (χ1v) is 11.4. The number of carbonyl (C=O) groups is 2. The predicted octanol–water partition coefficient (Wildman–Crippen LogP) is 2.02. The Balaban J connectivity index is 0.000000160. The smallest absolute Gasteiger partial charge is 0.335 e. The number of carboxylic acid groups (broad SMARTS) is 2. The first-order valence-electron chi connectivity index (χ1n) is 11.4. The number of nitrogens with one attached hydrogen (secondary N) is 2. The molecule has 0 aromatic carbocycles. The van der Waals surface area contributed by atoms with Gasteiger partial charge in [0.2, 0.25) is 0 Å². The Morgan fingerprint density at radius 2 is 0.967 bits per heavy atom. The van der Waals surface area contributed by atoms with E-state index in [1.165, 1.54) is 77.0 Å². The molecule has 4 fully saturated rings. The molecule has 4 bridgehead atoms. The molecule has 4 aliphatic heterocycles. The summed E-state index contributed by atoms with van der Waals surface area (Å²) in [6.07, 6.45) is 12.6. The van der Waals surface area contributed by atoms with E-state index in [0.717, 1.165) is 12.1 Å². The van der Waals surface area contributed by atoms with Gasteiger partial charge in [0.25, 0.3) is 0 Å². The van der Waals surface area contributed by atoms with Crippen LogP contribution in [-0.2, 0) is 9.59 Å². The zero-order valence-electron chi connectivity index (χ0n) is 18.4. The van der Waals surface area contributed by atoms with E-state index in [1.54, 1.807) is 0 Å². The summed E-state index contributed by atoms with van der Waals surface area (Å²) in [4.78, 5) is 19.5. The van der Waals surface area contributed by atoms with Crippen molar-refractivity contribution >= 4 is 11.9 Å². The Hall–Kier alpha value is -1.22. The number of rotatable bonds is 3. The van der Waals surface area contributed by atoms with Gasteiger partial charge in [0.05, 0.1) is 0 Å². The molecule has 0 aromatic heterocycles. The topological polar surface area (TPSA) is 139 Å². The highest BCUT2D eigenvalue weighted by atomic mass is 16.4. The van der Waals surface area contributed by atoms with Crippen LogP contribution in [-0.4, -0.2) is 67.7 Å². The highest BCUT2D eigenvalue weighted by molar-refractivity contribution is 5.83. The Labute approximate surface area is 179 Å². The number of aliphatic carboxylic acids is 2. The number of aliphatic hydroxyl groups excluding tert-OH is 2. The van der Waals surface area contributed by atoms with Crippen LogP contribution >= 0.6 is 0 Å². The van der Waals surface area contributed by atoms with Gasteiger partial charge in [0.15, 0.2) is 12.2 Å². The van der Waals surface area contributed by atoms with Gasteiger partial charge in [-0.2, -0.15) is 0 Å². The Morgan fingerprint density at radius 3 is 1.13 bits per heavy atom. The lowest BCUT2D eigenvalue weighted by Gasteiger charge is -2.44. The first-order chi connectivity index (χ1) is 14.0. The standard InChI is InChI=1S/2C9H17N.C4H6O6/c2*1-9-6-2-4-8(10-9)5-3-7-9;5-1(3(7)8)2(6)4(9)10/h2*8,10H,2-7H2,1H3;1-2,5-6H,(H,7,8)(H,9,10). The van der Waals surface area contributed by atoms with Crippen molar-refractivity contribution < 1.29 is 30.0 Å². The summed E-state index contributed by atoms with van der Waals surface area (Å²) in [6, 6.07) is 1.74. The maximum absolute atomic E-state index is 9.77. The van der Waals surface area contributed by atoms with Crippen molar-refractivity contribution in [2.24, 2.45) is 0 Å². The summed E-state index contributed by atoms with van der Waals surface area (Å²) in [5, 5.41) is 40.0. The van der Waals surface area contributed by atoms with Crippen LogP contribution in [0.3, 0.4) is 0 Å². The van der Waals surface area contributed by atoms with Crippen molar-refractivity contribution in [2.75, 3.05) is 0 Å². The molecular weight excluding hydrogens is 388 g/mol. The minimum absolute atomic E-state index is 0.529. The summed E-state index contributed by atoms with van der Waals surface area (Å²) in [5.41, 5.74) is 1.06. The van der Waals surface area contributed by atoms with Crippen molar-refractivity contribution in [1.29, 1.82) is 0 Å². The predicted molar refractivity (Wildman–Crippen MR) is 113 cm³/mol. The van der Waals surface area contributed by atoms with Crippen LogP contribution in [0.1, 0.15) is 90.9 Å². The molecule has 0 aliphatic carbocycles. The third-order valence-corrected chi connectivity index (χ3v) is 7.03. The molecule has 30 heavy (non-hydrogen) atoms. The number of hydrogen-bond donors (Lipinski definition) is 6. The molecule has 8 nitrogen and oxygen atoms in total. The van der Waals surface area contributed by atoms with Crippen LogP contribution in [0.25, 0.3) is 0 Å². The van der Waals surface area contributed by atoms with Gasteiger partial charge in [-0.15, -0.1) is 0 Å². The van der Waals surface area contributed by atoms with E-state index in [2.05, 4.69) is 24.5 Å². The second-order valence-corrected chi connectivity index (χ2v) is 9.94. The van der Waals surface area contributed by atoms with E-state index in [9.17, 15) is 9.59 Å². The molecule has 6 N–H and O–H groups in total. The van der Waals surface area contributed by atoms with Crippen molar-refractivity contribution in [2.45, 2.75) is 126 Å². The van der Waals surface area contributed by atoms with E-state index < -0.39 is 24.1 Å². The van der Waals surface area contributed by atoms with Gasteiger partial charge < -0.3 is 31.1 Å². The summed E-state index contributed by atoms with van der Waals surface area (Å²) >= 11 is 0. The molecule has 0 amide bonds. The zero-order valence-corrected chi connectivity index (χ0v) is 18.4. The minimum Gasteiger partial charge on any atom is -0.479 e. The van der Waals surface area contributed by atoms with Crippen LogP contribution in [0.5, 0.6) is 0 Å². The molecule has 4 heterocycles. The van der Waals surface area contributed by atoms with Crippen LogP contribution in [0, 0.1) is 0 Å². The first kappa shape index (κ1) is 25.0. The second kappa shape index (κ2) is 10.9. The summed E-state index contributed by atoms with van der Waals surface area (Å²) in [7, 11) is 0. The van der Waals surface area contributed by atoms with E-state index in [0.29, 0.717) is 11.1 Å². The van der Waals surface area contributed by atoms with Crippen molar-refractivity contribution in [1.82, 2.24) is 10.6 Å². The lowest BCUT2D eigenvalue weighted by molar-refractivity contribution is -0.165. The molecule has 4 aliphatic rings. The summed E-state index contributed by atoms with van der Waals surface area (Å²) in [6.45, 7) is 4.77. The van der Waals surface area contributed by atoms with Gasteiger partial charge in [0, 0.05) is 23.2 Å². The van der Waals surface area contributed by atoms with Crippen LogP contribution in [0.2, 0.25) is 0 Å². The summed E-state index contributed by atoms with van der Waals surface area (Å²) < 4.78 is 0. The Morgan fingerprint density at radius 1 is 0.700 bits per heavy atom. The molecule has 2 atom stereocenters. The van der Waals surface area contributed by atoms with Crippen molar-refractivity contribution in [3.8, 4) is 0 Å². The van der Waals surface area contributed by atoms with E-state index in [1.807, 2.05) is 0 Å². The normalized spacial score (nSPS) is 36.7. The molecule has 0 saturated carbocycles. The molecule has 0 aromatic rings. The molecule has 4 saturated heterocycles. The largest absolute Gasteiger partial charge is 0.479 e. The lowest BCUT2D eigenvalue weighted by atomic mass is 9.78. The Bertz CT molecular complexity index is 514. The number of hydrogen-bond acceptors (Lipinski definition) is 6. The third-order valence-electron chi connectivity index (χ3n) is 7.03. The number of aliphatic hydroxyl groups is 2. The van der Waals surface area contributed by atoms with E-state index >= 15 is 0 Å². The monoisotopic (exact) mass is 428 g/mol. The maximum atomic E-state index is 9.77. The van der Waals surface area contributed by atoms with Gasteiger partial charge in [-0.05, 0) is 65.2 Å². The Kier molecular flexibility index (Phi) is 9.09. The molecule has 0 radical (unpaired) electrons. The van der Waals surface area contributed by atoms with Crippen molar-refractivity contribution in [3.63, 3.8) is 0 Å². The van der Waals surface area contributed by atoms with E-state index in [4.69, 9.17) is 20.4 Å². The fourth-order valence-corrected chi connectivity index (χ4v) is 5.33. The highest BCUT2D eigenvalue weighted by Gasteiger charge is 2.35. The molecule has 2 unspecified atom stereocenters. The maximum Gasteiger partial charge on any atom is 0.335 e. The minimum atomic E-state index is -2.27. The fraction of sp³-hybridized carbons (Fsp3) is 0.909. The lowest BCUT2D eigenvalue weighted by Crippen LogP contribution is -2.54. The SMILES string of the molecule is CC12CCCC(CCC1)N2.CC12CCCC(CCC1)N2.O=C(O)C(O)C(O)C(=O)O. The van der Waals surface area contributed by atoms with Crippen LogP contribution in [0.15, 0.2) is 0 Å². The van der Waals surface area contributed by atoms with Gasteiger partial charge in [-0.25, -0.2) is 9.59 Å². The van der Waals surface area contributed by atoms with Crippen LogP contribution in [0.4, 0.5) is 0 Å². The highest BCUT2D eigenvalue weighted by Crippen LogP contribution is 2.33. The average molecular weight is 429 g/mol. The molecule has 0 spiro atoms. The number of piperidine rings is 4. The fourth-order valence-electron chi connectivity index (χ4n) is 5.33. The van der Waals surface area contributed by atoms with Crippen LogP contribution < -0.4 is 10.6 Å². The number of fused-ring (bicyclic) bond motifs is 4. The van der Waals surface area contributed by atoms with Gasteiger partial charge in [-0.3, -0.25) is 0 Å². The summed E-state index contributed by atoms with van der Waals surface area (Å²) in [5.74, 6) is -3.54. The third kappa shape index (κ3) is 7.48. The average Bonchev–Trinajstić information content (AvgIpc) is 2.66. The van der Waals surface area contributed by atoms with Gasteiger partial charge in [-0.1, -0.05) is 25.7 Å². The van der Waals surface area contributed by atoms with Crippen molar-refractivity contribution in [3.05, 3.63) is 0 Å². The molecular formula is C22H40N2O6. The van der Waals surface area contributed by atoms with Gasteiger partial charge in [0.1, 0.15) is 0 Å². The molecule has 174 valence electrons. The van der Waals surface area contributed by atoms with Gasteiger partial charge >= 0.3 is 11.9 Å². The van der Waals surface area contributed by atoms with E-state index in [-0.39, 0.29) is 0 Å². The quantitative estimate of drug-likeness (QED) is 0.401. The molecule has 8 heteroatoms. The zero-order chi connectivity index (χ0) is 22.4. The number of carboxylic acids is 2. The molecule has 4 rings (SSSR count).